The number of aliphatic hydroxyl groups is 1. The minimum Gasteiger partial charge on any atom is -0.388 e. The van der Waals surface area contributed by atoms with E-state index in [1.54, 1.807) is 11.8 Å². The second-order valence-electron chi connectivity index (χ2n) is 3.94. The Morgan fingerprint density at radius 2 is 2.20 bits per heavy atom. The number of nitrogens with zero attached hydrogens (tertiary/aromatic N) is 1. The quantitative estimate of drug-likeness (QED) is 0.696. The number of amides is 1. The first-order valence-electron chi connectivity index (χ1n) is 5.20. The van der Waals surface area contributed by atoms with Gasteiger partial charge < -0.3 is 10.0 Å². The summed E-state index contributed by atoms with van der Waals surface area (Å²) in [6.45, 7) is 2.81. The van der Waals surface area contributed by atoms with E-state index >= 15 is 0 Å². The molecule has 1 aromatic rings. The van der Waals surface area contributed by atoms with Crippen molar-refractivity contribution in [3.8, 4) is 0 Å². The zero-order valence-electron chi connectivity index (χ0n) is 8.81. The second kappa shape index (κ2) is 4.03. The Labute approximate surface area is 89.3 Å². The molecule has 3 nitrogen and oxygen atoms in total. The van der Waals surface area contributed by atoms with Crippen molar-refractivity contribution in [3.63, 3.8) is 0 Å². The molecule has 0 saturated heterocycles. The van der Waals surface area contributed by atoms with Crippen molar-refractivity contribution < 1.29 is 9.90 Å². The zero-order valence-corrected chi connectivity index (χ0v) is 8.81. The van der Waals surface area contributed by atoms with Gasteiger partial charge in [-0.15, -0.1) is 0 Å². The molecule has 1 heterocycles. The van der Waals surface area contributed by atoms with Crippen molar-refractivity contribution in [2.24, 2.45) is 0 Å². The van der Waals surface area contributed by atoms with Crippen molar-refractivity contribution in [2.75, 3.05) is 6.54 Å². The summed E-state index contributed by atoms with van der Waals surface area (Å²) >= 11 is 0. The Morgan fingerprint density at radius 3 is 2.93 bits per heavy atom. The molecule has 80 valence electrons. The lowest BCUT2D eigenvalue weighted by Crippen LogP contribution is -2.28. The van der Waals surface area contributed by atoms with Crippen LogP contribution in [-0.2, 0) is 11.3 Å². The van der Waals surface area contributed by atoms with Gasteiger partial charge in [0.15, 0.2) is 0 Å². The fourth-order valence-corrected chi connectivity index (χ4v) is 1.99. The van der Waals surface area contributed by atoms with Crippen LogP contribution in [0, 0.1) is 0 Å². The molecule has 1 aliphatic rings. The Kier molecular flexibility index (Phi) is 2.73. The Hall–Kier alpha value is -1.35. The number of hydrogen-bond donors (Lipinski definition) is 1. The van der Waals surface area contributed by atoms with Gasteiger partial charge in [-0.2, -0.15) is 0 Å². The van der Waals surface area contributed by atoms with Crippen LogP contribution in [0.15, 0.2) is 24.3 Å². The van der Waals surface area contributed by atoms with Crippen LogP contribution in [-0.4, -0.2) is 22.5 Å². The van der Waals surface area contributed by atoms with Crippen molar-refractivity contribution >= 4 is 5.91 Å². The SMILES string of the molecule is CC(=O)N1CC[C@H](O)c2ccccc2C1. The van der Waals surface area contributed by atoms with Gasteiger partial charge in [0.1, 0.15) is 0 Å². The fraction of sp³-hybridized carbons (Fsp3) is 0.417. The monoisotopic (exact) mass is 205 g/mol. The van der Waals surface area contributed by atoms with E-state index < -0.39 is 6.10 Å². The number of aliphatic hydroxyl groups excluding tert-OH is 1. The molecule has 1 amide bonds. The molecule has 1 aliphatic heterocycles. The average molecular weight is 205 g/mol. The number of carbonyl (C=O) groups is 1. The molecule has 0 radical (unpaired) electrons. The minimum absolute atomic E-state index is 0.0684. The van der Waals surface area contributed by atoms with Crippen molar-refractivity contribution in [3.05, 3.63) is 35.4 Å². The van der Waals surface area contributed by atoms with E-state index in [9.17, 15) is 9.90 Å². The molecule has 1 atom stereocenters. The molecule has 0 bridgehead atoms. The molecule has 1 aromatic carbocycles. The highest BCUT2D eigenvalue weighted by atomic mass is 16.3. The van der Waals surface area contributed by atoms with Gasteiger partial charge in [0.05, 0.1) is 6.10 Å². The van der Waals surface area contributed by atoms with E-state index in [2.05, 4.69) is 0 Å². The predicted octanol–water partition coefficient (Wildman–Crippen LogP) is 1.47. The standard InChI is InChI=1S/C12H15NO2/c1-9(14)13-7-6-12(15)11-5-3-2-4-10(11)8-13/h2-5,12,15H,6-8H2,1H3/t12-/m0/s1. The number of carbonyl (C=O) groups excluding carboxylic acids is 1. The summed E-state index contributed by atoms with van der Waals surface area (Å²) in [6.07, 6.45) is 0.182. The van der Waals surface area contributed by atoms with E-state index in [0.717, 1.165) is 11.1 Å². The van der Waals surface area contributed by atoms with Gasteiger partial charge in [-0.05, 0) is 17.5 Å². The van der Waals surface area contributed by atoms with Crippen molar-refractivity contribution in [2.45, 2.75) is 26.0 Å². The molecule has 0 fully saturated rings. The summed E-state index contributed by atoms with van der Waals surface area (Å²) in [7, 11) is 0. The summed E-state index contributed by atoms with van der Waals surface area (Å²) in [6, 6.07) is 7.77. The smallest absolute Gasteiger partial charge is 0.219 e. The molecular weight excluding hydrogens is 190 g/mol. The van der Waals surface area contributed by atoms with Gasteiger partial charge in [0, 0.05) is 20.0 Å². The van der Waals surface area contributed by atoms with Crippen LogP contribution in [0.5, 0.6) is 0 Å². The Balaban J connectivity index is 2.33. The molecule has 0 aliphatic carbocycles. The normalized spacial score (nSPS) is 20.7. The van der Waals surface area contributed by atoms with Crippen LogP contribution in [0.25, 0.3) is 0 Å². The third-order valence-electron chi connectivity index (χ3n) is 2.89. The van der Waals surface area contributed by atoms with Crippen molar-refractivity contribution in [1.82, 2.24) is 4.90 Å². The summed E-state index contributed by atoms with van der Waals surface area (Å²) in [5.41, 5.74) is 2.01. The third-order valence-corrected chi connectivity index (χ3v) is 2.89. The molecule has 2 rings (SSSR count). The fourth-order valence-electron chi connectivity index (χ4n) is 1.99. The predicted molar refractivity (Wildman–Crippen MR) is 57.1 cm³/mol. The van der Waals surface area contributed by atoms with Gasteiger partial charge >= 0.3 is 0 Å². The first-order chi connectivity index (χ1) is 7.18. The lowest BCUT2D eigenvalue weighted by Gasteiger charge is -2.18. The number of benzene rings is 1. The van der Waals surface area contributed by atoms with Crippen molar-refractivity contribution in [1.29, 1.82) is 0 Å². The van der Waals surface area contributed by atoms with Gasteiger partial charge in [-0.25, -0.2) is 0 Å². The maximum absolute atomic E-state index is 11.3. The number of fused-ring (bicyclic) bond motifs is 1. The number of rotatable bonds is 0. The van der Waals surface area contributed by atoms with E-state index in [1.165, 1.54) is 0 Å². The minimum atomic E-state index is -0.439. The van der Waals surface area contributed by atoms with Gasteiger partial charge in [-0.3, -0.25) is 4.79 Å². The summed E-state index contributed by atoms with van der Waals surface area (Å²) < 4.78 is 0. The summed E-state index contributed by atoms with van der Waals surface area (Å²) in [5, 5.41) is 9.90. The molecule has 0 unspecified atom stereocenters. The molecule has 0 saturated carbocycles. The van der Waals surface area contributed by atoms with E-state index in [4.69, 9.17) is 0 Å². The van der Waals surface area contributed by atoms with E-state index in [0.29, 0.717) is 19.5 Å². The highest BCUT2D eigenvalue weighted by Gasteiger charge is 2.21. The third kappa shape index (κ3) is 2.02. The van der Waals surface area contributed by atoms with Gasteiger partial charge in [-0.1, -0.05) is 24.3 Å². The van der Waals surface area contributed by atoms with Crippen LogP contribution in [0.2, 0.25) is 0 Å². The molecule has 3 heteroatoms. The molecule has 15 heavy (non-hydrogen) atoms. The van der Waals surface area contributed by atoms with Crippen LogP contribution >= 0.6 is 0 Å². The zero-order chi connectivity index (χ0) is 10.8. The first-order valence-corrected chi connectivity index (χ1v) is 5.20. The topological polar surface area (TPSA) is 40.5 Å². The maximum atomic E-state index is 11.3. The average Bonchev–Trinajstić information content (AvgIpc) is 2.39. The highest BCUT2D eigenvalue weighted by Crippen LogP contribution is 2.26. The molecule has 0 spiro atoms. The molecule has 0 aromatic heterocycles. The molecular formula is C12H15NO2. The van der Waals surface area contributed by atoms with Crippen LogP contribution < -0.4 is 0 Å². The Morgan fingerprint density at radius 1 is 1.47 bits per heavy atom. The molecule has 1 N–H and O–H groups in total. The van der Waals surface area contributed by atoms with Crippen LogP contribution in [0.1, 0.15) is 30.6 Å². The Bertz CT molecular complexity index is 376. The lowest BCUT2D eigenvalue weighted by atomic mass is 10.0. The van der Waals surface area contributed by atoms with E-state index in [1.807, 2.05) is 24.3 Å². The second-order valence-corrected chi connectivity index (χ2v) is 3.94. The largest absolute Gasteiger partial charge is 0.388 e. The lowest BCUT2D eigenvalue weighted by molar-refractivity contribution is -0.129. The first kappa shape index (κ1) is 10.2. The highest BCUT2D eigenvalue weighted by molar-refractivity contribution is 5.73. The van der Waals surface area contributed by atoms with Crippen LogP contribution in [0.3, 0.4) is 0 Å². The summed E-state index contributed by atoms with van der Waals surface area (Å²) in [4.78, 5) is 13.1. The van der Waals surface area contributed by atoms with Crippen LogP contribution in [0.4, 0.5) is 0 Å². The van der Waals surface area contributed by atoms with Gasteiger partial charge in [0.2, 0.25) is 5.91 Å². The number of hydrogen-bond acceptors (Lipinski definition) is 2. The maximum Gasteiger partial charge on any atom is 0.219 e. The van der Waals surface area contributed by atoms with Gasteiger partial charge in [0.25, 0.3) is 0 Å². The van der Waals surface area contributed by atoms with E-state index in [-0.39, 0.29) is 5.91 Å². The summed E-state index contributed by atoms with van der Waals surface area (Å²) in [5.74, 6) is 0.0684.